The number of thiophene rings is 1. The molecule has 5 rings (SSSR count). The van der Waals surface area contributed by atoms with Crippen LogP contribution in [0.5, 0.6) is 0 Å². The number of aromatic amines is 1. The van der Waals surface area contributed by atoms with Crippen molar-refractivity contribution in [1.82, 2.24) is 15.3 Å². The Morgan fingerprint density at radius 1 is 1.13 bits per heavy atom. The molecule has 0 radical (unpaired) electrons. The van der Waals surface area contributed by atoms with Crippen LogP contribution in [0.2, 0.25) is 0 Å². The molecule has 0 amide bonds. The van der Waals surface area contributed by atoms with Crippen molar-refractivity contribution >= 4 is 32.5 Å². The Bertz CT molecular complexity index is 1410. The van der Waals surface area contributed by atoms with Crippen LogP contribution in [-0.4, -0.2) is 9.97 Å². The second kappa shape index (κ2) is 7.80. The summed E-state index contributed by atoms with van der Waals surface area (Å²) >= 11 is 1.56. The third-order valence-electron chi connectivity index (χ3n) is 5.57. The van der Waals surface area contributed by atoms with Gasteiger partial charge < -0.3 is 14.7 Å². The molecule has 5 nitrogen and oxygen atoms in total. The largest absolute Gasteiger partial charge is 0.459 e. The third kappa shape index (κ3) is 3.69. The lowest BCUT2D eigenvalue weighted by molar-refractivity contribution is 0.446. The van der Waals surface area contributed by atoms with Crippen molar-refractivity contribution in [2.75, 3.05) is 0 Å². The molecule has 0 aliphatic rings. The summed E-state index contributed by atoms with van der Waals surface area (Å²) < 4.78 is 5.94. The van der Waals surface area contributed by atoms with Gasteiger partial charge in [0.2, 0.25) is 0 Å². The summed E-state index contributed by atoms with van der Waals surface area (Å²) in [7, 11) is 0. The Balaban J connectivity index is 1.42. The normalized spacial score (nSPS) is 12.6. The van der Waals surface area contributed by atoms with Gasteiger partial charge in [0.25, 0.3) is 5.56 Å². The Morgan fingerprint density at radius 3 is 2.68 bits per heavy atom. The van der Waals surface area contributed by atoms with E-state index in [-0.39, 0.29) is 11.6 Å². The van der Waals surface area contributed by atoms with Crippen LogP contribution in [0.4, 0.5) is 0 Å². The van der Waals surface area contributed by atoms with Gasteiger partial charge in [-0.25, -0.2) is 4.98 Å². The summed E-state index contributed by atoms with van der Waals surface area (Å²) in [6.45, 7) is 6.59. The molecule has 2 N–H and O–H groups in total. The molecule has 0 bridgehead atoms. The zero-order valence-corrected chi connectivity index (χ0v) is 18.5. The van der Waals surface area contributed by atoms with Crippen molar-refractivity contribution in [2.45, 2.75) is 33.4 Å². The molecule has 31 heavy (non-hydrogen) atoms. The van der Waals surface area contributed by atoms with Gasteiger partial charge in [0.05, 0.1) is 18.0 Å². The maximum atomic E-state index is 13.0. The number of aryl methyl sites for hydroxylation is 2. The predicted octanol–water partition coefficient (Wildman–Crippen LogP) is 5.87. The van der Waals surface area contributed by atoms with Crippen LogP contribution in [0.15, 0.2) is 63.8 Å². The lowest BCUT2D eigenvalue weighted by Crippen LogP contribution is -2.21. The Hall–Kier alpha value is -3.22. The highest BCUT2D eigenvalue weighted by Crippen LogP contribution is 2.35. The van der Waals surface area contributed by atoms with E-state index >= 15 is 0 Å². The van der Waals surface area contributed by atoms with Gasteiger partial charge in [-0.3, -0.25) is 4.79 Å². The standard InChI is InChI=1S/C25H23N3O2S/c1-14-8-10-17(11-9-14)22-16(3)31-25-23(22)24(29)27-21(28-25)13-26-15(2)20-12-18-6-4-5-7-19(18)30-20/h4-12,15,26H,13H2,1-3H3,(H,27,28,29). The summed E-state index contributed by atoms with van der Waals surface area (Å²) in [5.41, 5.74) is 3.99. The second-order valence-electron chi connectivity index (χ2n) is 7.88. The van der Waals surface area contributed by atoms with Crippen molar-refractivity contribution in [1.29, 1.82) is 0 Å². The third-order valence-corrected chi connectivity index (χ3v) is 6.57. The van der Waals surface area contributed by atoms with Crippen molar-refractivity contribution in [3.8, 4) is 11.1 Å². The van der Waals surface area contributed by atoms with E-state index in [0.717, 1.165) is 37.6 Å². The Kier molecular flexibility index (Phi) is 4.96. The number of hydrogen-bond acceptors (Lipinski definition) is 5. The predicted molar refractivity (Wildman–Crippen MR) is 127 cm³/mol. The minimum absolute atomic E-state index is 0.0124. The minimum atomic E-state index is -0.0990. The van der Waals surface area contributed by atoms with E-state index in [9.17, 15) is 4.79 Å². The number of aromatic nitrogens is 2. The van der Waals surface area contributed by atoms with Gasteiger partial charge in [0.15, 0.2) is 0 Å². The fraction of sp³-hybridized carbons (Fsp3) is 0.200. The van der Waals surface area contributed by atoms with Crippen molar-refractivity contribution in [3.05, 3.63) is 87.0 Å². The quantitative estimate of drug-likeness (QED) is 0.367. The van der Waals surface area contributed by atoms with Gasteiger partial charge in [-0.05, 0) is 38.5 Å². The van der Waals surface area contributed by atoms with Crippen LogP contribution < -0.4 is 10.9 Å². The highest BCUT2D eigenvalue weighted by Gasteiger charge is 2.17. The maximum Gasteiger partial charge on any atom is 0.260 e. The Morgan fingerprint density at radius 2 is 1.90 bits per heavy atom. The smallest absolute Gasteiger partial charge is 0.260 e. The fourth-order valence-corrected chi connectivity index (χ4v) is 4.95. The molecule has 1 atom stereocenters. The fourth-order valence-electron chi connectivity index (χ4n) is 3.88. The highest BCUT2D eigenvalue weighted by molar-refractivity contribution is 7.19. The molecular weight excluding hydrogens is 406 g/mol. The number of nitrogens with zero attached hydrogens (tertiary/aromatic N) is 1. The Labute approximate surface area is 183 Å². The maximum absolute atomic E-state index is 13.0. The molecule has 6 heteroatoms. The molecular formula is C25H23N3O2S. The molecule has 0 fully saturated rings. The summed E-state index contributed by atoms with van der Waals surface area (Å²) in [6.07, 6.45) is 0. The van der Waals surface area contributed by atoms with Gasteiger partial charge in [-0.1, -0.05) is 48.0 Å². The van der Waals surface area contributed by atoms with Gasteiger partial charge in [0.1, 0.15) is 22.0 Å². The van der Waals surface area contributed by atoms with Crippen molar-refractivity contribution in [3.63, 3.8) is 0 Å². The molecule has 5 aromatic rings. The lowest BCUT2D eigenvalue weighted by atomic mass is 10.0. The number of nitrogens with one attached hydrogen (secondary N) is 2. The lowest BCUT2D eigenvalue weighted by Gasteiger charge is -2.10. The molecule has 3 heterocycles. The molecule has 156 valence electrons. The van der Waals surface area contributed by atoms with E-state index in [2.05, 4.69) is 41.5 Å². The van der Waals surface area contributed by atoms with Gasteiger partial charge in [-0.15, -0.1) is 11.3 Å². The van der Waals surface area contributed by atoms with Gasteiger partial charge >= 0.3 is 0 Å². The van der Waals surface area contributed by atoms with Crippen LogP contribution in [-0.2, 0) is 6.54 Å². The summed E-state index contributed by atoms with van der Waals surface area (Å²) in [5.74, 6) is 1.48. The molecule has 0 aliphatic carbocycles. The van der Waals surface area contributed by atoms with Crippen LogP contribution in [0.25, 0.3) is 32.3 Å². The van der Waals surface area contributed by atoms with Crippen molar-refractivity contribution in [2.24, 2.45) is 0 Å². The van der Waals surface area contributed by atoms with E-state index < -0.39 is 0 Å². The van der Waals surface area contributed by atoms with Crippen LogP contribution >= 0.6 is 11.3 Å². The molecule has 0 spiro atoms. The number of rotatable bonds is 5. The second-order valence-corrected chi connectivity index (χ2v) is 9.08. The first-order valence-corrected chi connectivity index (χ1v) is 11.1. The molecule has 0 aliphatic heterocycles. The first kappa shape index (κ1) is 19.7. The number of para-hydroxylation sites is 1. The van der Waals surface area contributed by atoms with E-state index in [1.54, 1.807) is 11.3 Å². The summed E-state index contributed by atoms with van der Waals surface area (Å²) in [4.78, 5) is 22.5. The van der Waals surface area contributed by atoms with Crippen molar-refractivity contribution < 1.29 is 4.42 Å². The van der Waals surface area contributed by atoms with Gasteiger partial charge in [0, 0.05) is 15.8 Å². The number of hydrogen-bond donors (Lipinski definition) is 2. The SMILES string of the molecule is Cc1ccc(-c2c(C)sc3nc(CNC(C)c4cc5ccccc5o4)[nH]c(=O)c23)cc1. The van der Waals surface area contributed by atoms with Crippen LogP contribution in [0.3, 0.4) is 0 Å². The monoisotopic (exact) mass is 429 g/mol. The topological polar surface area (TPSA) is 70.9 Å². The van der Waals surface area contributed by atoms with E-state index in [1.807, 2.05) is 44.2 Å². The molecule has 3 aromatic heterocycles. The zero-order valence-electron chi connectivity index (χ0n) is 17.7. The molecule has 0 saturated carbocycles. The van der Waals surface area contributed by atoms with Gasteiger partial charge in [-0.2, -0.15) is 0 Å². The number of benzene rings is 2. The first-order chi connectivity index (χ1) is 15.0. The first-order valence-electron chi connectivity index (χ1n) is 10.3. The molecule has 1 unspecified atom stereocenters. The van der Waals surface area contributed by atoms with Crippen LogP contribution in [0, 0.1) is 13.8 Å². The number of fused-ring (bicyclic) bond motifs is 2. The minimum Gasteiger partial charge on any atom is -0.459 e. The summed E-state index contributed by atoms with van der Waals surface area (Å²) in [5, 5.41) is 5.15. The molecule has 0 saturated heterocycles. The number of furan rings is 1. The average molecular weight is 430 g/mol. The van der Waals surface area contributed by atoms with E-state index in [4.69, 9.17) is 9.40 Å². The zero-order chi connectivity index (χ0) is 21.5. The molecule has 2 aromatic carbocycles. The van der Waals surface area contributed by atoms with E-state index in [0.29, 0.717) is 17.8 Å². The average Bonchev–Trinajstić information content (AvgIpc) is 3.33. The van der Waals surface area contributed by atoms with Crippen LogP contribution in [0.1, 0.15) is 35.0 Å². The number of H-pyrrole nitrogens is 1. The summed E-state index contributed by atoms with van der Waals surface area (Å²) in [6, 6.07) is 18.3. The highest BCUT2D eigenvalue weighted by atomic mass is 32.1. The van der Waals surface area contributed by atoms with E-state index in [1.165, 1.54) is 5.56 Å².